The third-order valence-electron chi connectivity index (χ3n) is 5.06. The second-order valence-electron chi connectivity index (χ2n) is 7.35. The monoisotopic (exact) mass is 450 g/mol. The first-order valence-corrected chi connectivity index (χ1v) is 11.5. The fourth-order valence-corrected chi connectivity index (χ4v) is 4.24. The van der Waals surface area contributed by atoms with Gasteiger partial charge in [-0.25, -0.2) is 23.1 Å². The molecule has 0 bridgehead atoms. The molecule has 0 radical (unpaired) electrons. The lowest BCUT2D eigenvalue weighted by Crippen LogP contribution is -2.16. The minimum Gasteiger partial charge on any atom is -0.451 e. The summed E-state index contributed by atoms with van der Waals surface area (Å²) in [6, 6.07) is 13.3. The Morgan fingerprint density at radius 3 is 2.50 bits per heavy atom. The van der Waals surface area contributed by atoms with Crippen molar-refractivity contribution in [2.75, 3.05) is 10.0 Å². The molecule has 0 atom stereocenters. The van der Waals surface area contributed by atoms with E-state index in [-0.39, 0.29) is 16.6 Å². The lowest BCUT2D eigenvalue weighted by molar-refractivity contribution is 0.0998. The maximum absolute atomic E-state index is 12.8. The van der Waals surface area contributed by atoms with Crippen LogP contribution in [0.1, 0.15) is 34.3 Å². The first kappa shape index (κ1) is 21.5. The predicted octanol–water partition coefficient (Wildman–Crippen LogP) is 4.46. The van der Waals surface area contributed by atoms with Gasteiger partial charge >= 0.3 is 0 Å². The number of sulfonamides is 1. The van der Waals surface area contributed by atoms with E-state index in [0.717, 1.165) is 22.9 Å². The predicted molar refractivity (Wildman–Crippen MR) is 122 cm³/mol. The Morgan fingerprint density at radius 1 is 1.06 bits per heavy atom. The van der Waals surface area contributed by atoms with Crippen LogP contribution in [-0.4, -0.2) is 24.3 Å². The van der Waals surface area contributed by atoms with Gasteiger partial charge in [-0.15, -0.1) is 0 Å². The molecule has 0 aliphatic rings. The lowest BCUT2D eigenvalue weighted by Gasteiger charge is -2.08. The van der Waals surface area contributed by atoms with Crippen molar-refractivity contribution in [1.29, 1.82) is 0 Å². The van der Waals surface area contributed by atoms with E-state index in [2.05, 4.69) is 26.9 Å². The Kier molecular flexibility index (Phi) is 5.67. The zero-order valence-corrected chi connectivity index (χ0v) is 18.7. The number of aromatic nitrogens is 2. The molecule has 2 N–H and O–H groups in total. The van der Waals surface area contributed by atoms with Crippen molar-refractivity contribution in [1.82, 2.24) is 9.97 Å². The van der Waals surface area contributed by atoms with Crippen molar-refractivity contribution in [3.63, 3.8) is 0 Å². The molecule has 0 saturated carbocycles. The van der Waals surface area contributed by atoms with Crippen LogP contribution >= 0.6 is 0 Å². The topological polar surface area (TPSA) is 114 Å². The van der Waals surface area contributed by atoms with Crippen LogP contribution in [0.25, 0.3) is 11.0 Å². The number of carbonyl (C=O) groups is 1. The Labute approximate surface area is 185 Å². The van der Waals surface area contributed by atoms with Gasteiger partial charge in [-0.1, -0.05) is 13.0 Å². The summed E-state index contributed by atoms with van der Waals surface area (Å²) < 4.78 is 33.2. The van der Waals surface area contributed by atoms with E-state index in [4.69, 9.17) is 4.42 Å². The number of hydrogen-bond acceptors (Lipinski definition) is 6. The molecule has 0 aliphatic carbocycles. The highest BCUT2D eigenvalue weighted by Gasteiger charge is 2.19. The van der Waals surface area contributed by atoms with Crippen LogP contribution in [0.5, 0.6) is 0 Å². The highest BCUT2D eigenvalue weighted by atomic mass is 32.2. The Morgan fingerprint density at radius 2 is 1.81 bits per heavy atom. The van der Waals surface area contributed by atoms with Crippen LogP contribution < -0.4 is 10.0 Å². The summed E-state index contributed by atoms with van der Waals surface area (Å²) in [5, 5.41) is 3.65. The number of fused-ring (bicyclic) bond motifs is 1. The summed E-state index contributed by atoms with van der Waals surface area (Å²) in [5.74, 6) is -0.184. The smallest absolute Gasteiger partial charge is 0.291 e. The average molecular weight is 451 g/mol. The maximum Gasteiger partial charge on any atom is 0.291 e. The van der Waals surface area contributed by atoms with Gasteiger partial charge in [0, 0.05) is 28.5 Å². The van der Waals surface area contributed by atoms with Gasteiger partial charge in [-0.05, 0) is 68.3 Å². The van der Waals surface area contributed by atoms with E-state index in [1.54, 1.807) is 13.0 Å². The van der Waals surface area contributed by atoms with Crippen LogP contribution in [0, 0.1) is 13.8 Å². The molecular weight excluding hydrogens is 428 g/mol. The summed E-state index contributed by atoms with van der Waals surface area (Å²) in [6.45, 7) is 5.65. The molecule has 2 aromatic heterocycles. The minimum atomic E-state index is -3.86. The molecule has 4 aromatic rings. The van der Waals surface area contributed by atoms with E-state index in [0.29, 0.717) is 17.0 Å². The second-order valence-corrected chi connectivity index (χ2v) is 9.03. The van der Waals surface area contributed by atoms with Crippen LogP contribution in [-0.2, 0) is 16.4 Å². The summed E-state index contributed by atoms with van der Waals surface area (Å²) in [7, 11) is -3.86. The fourth-order valence-electron chi connectivity index (χ4n) is 3.29. The number of nitrogens with one attached hydrogen (secondary N) is 2. The van der Waals surface area contributed by atoms with Gasteiger partial charge in [0.1, 0.15) is 5.58 Å². The van der Waals surface area contributed by atoms with Crippen LogP contribution in [0.2, 0.25) is 0 Å². The molecule has 0 spiro atoms. The summed E-state index contributed by atoms with van der Waals surface area (Å²) in [6.07, 6.45) is 2.37. The van der Waals surface area contributed by atoms with E-state index in [1.807, 2.05) is 25.1 Å². The molecular formula is C23H22N4O4S. The standard InChI is InChI=1S/C23H22N4O4S/c1-4-16-5-10-20-19(13-16)15(3)21(31-20)22(28)26-17-6-8-18(9-7-17)32(29,30)27-23-24-12-11-14(2)25-23/h5-13H,4H2,1-3H3,(H,26,28)(H,24,25,27). The molecule has 0 saturated heterocycles. The highest BCUT2D eigenvalue weighted by Crippen LogP contribution is 2.27. The minimum absolute atomic E-state index is 0.00558. The van der Waals surface area contributed by atoms with Gasteiger partial charge in [-0.3, -0.25) is 4.79 Å². The zero-order valence-electron chi connectivity index (χ0n) is 17.8. The van der Waals surface area contributed by atoms with Gasteiger partial charge in [0.15, 0.2) is 5.76 Å². The van der Waals surface area contributed by atoms with Crippen molar-refractivity contribution in [2.24, 2.45) is 0 Å². The van der Waals surface area contributed by atoms with Crippen molar-refractivity contribution < 1.29 is 17.6 Å². The number of nitrogens with zero attached hydrogens (tertiary/aromatic N) is 2. The molecule has 2 heterocycles. The molecule has 0 fully saturated rings. The molecule has 8 nitrogen and oxygen atoms in total. The van der Waals surface area contributed by atoms with E-state index in [1.165, 1.54) is 30.5 Å². The first-order valence-electron chi connectivity index (χ1n) is 10.0. The number of amides is 1. The molecule has 1 amide bonds. The quantitative estimate of drug-likeness (QED) is 0.448. The van der Waals surface area contributed by atoms with E-state index in [9.17, 15) is 13.2 Å². The fraction of sp³-hybridized carbons (Fsp3) is 0.174. The van der Waals surface area contributed by atoms with Gasteiger partial charge in [0.25, 0.3) is 15.9 Å². The molecule has 9 heteroatoms. The number of hydrogen-bond donors (Lipinski definition) is 2. The number of carbonyl (C=O) groups excluding carboxylic acids is 1. The number of anilines is 2. The lowest BCUT2D eigenvalue weighted by atomic mass is 10.1. The number of rotatable bonds is 6. The Hall–Kier alpha value is -3.72. The summed E-state index contributed by atoms with van der Waals surface area (Å²) in [5.41, 5.74) is 3.65. The molecule has 32 heavy (non-hydrogen) atoms. The van der Waals surface area contributed by atoms with Gasteiger partial charge < -0.3 is 9.73 Å². The largest absolute Gasteiger partial charge is 0.451 e. The maximum atomic E-state index is 12.8. The van der Waals surface area contributed by atoms with Gasteiger partial charge in [0.05, 0.1) is 4.90 Å². The third kappa shape index (κ3) is 4.33. The van der Waals surface area contributed by atoms with Crippen molar-refractivity contribution in [3.05, 3.63) is 77.3 Å². The van der Waals surface area contributed by atoms with Gasteiger partial charge in [-0.2, -0.15) is 0 Å². The molecule has 4 rings (SSSR count). The number of furan rings is 1. The number of benzene rings is 2. The van der Waals surface area contributed by atoms with E-state index < -0.39 is 15.9 Å². The zero-order chi connectivity index (χ0) is 22.9. The normalized spacial score (nSPS) is 11.5. The van der Waals surface area contributed by atoms with Crippen LogP contribution in [0.4, 0.5) is 11.6 Å². The summed E-state index contributed by atoms with van der Waals surface area (Å²) in [4.78, 5) is 20.7. The number of aryl methyl sites for hydroxylation is 3. The highest BCUT2D eigenvalue weighted by molar-refractivity contribution is 7.92. The molecule has 164 valence electrons. The van der Waals surface area contributed by atoms with E-state index >= 15 is 0 Å². The summed E-state index contributed by atoms with van der Waals surface area (Å²) >= 11 is 0. The molecule has 0 aliphatic heterocycles. The van der Waals surface area contributed by atoms with Crippen LogP contribution in [0.15, 0.2) is 64.0 Å². The first-order chi connectivity index (χ1) is 15.3. The van der Waals surface area contributed by atoms with Crippen molar-refractivity contribution >= 4 is 38.5 Å². The molecule has 2 aromatic carbocycles. The third-order valence-corrected chi connectivity index (χ3v) is 6.40. The van der Waals surface area contributed by atoms with Gasteiger partial charge in [0.2, 0.25) is 5.95 Å². The van der Waals surface area contributed by atoms with Crippen LogP contribution in [0.3, 0.4) is 0 Å². The second kappa shape index (κ2) is 8.43. The molecule has 0 unspecified atom stereocenters. The SMILES string of the molecule is CCc1ccc2oc(C(=O)Nc3ccc(S(=O)(=O)Nc4nccc(C)n4)cc3)c(C)c2c1. The Balaban J connectivity index is 1.52. The average Bonchev–Trinajstić information content (AvgIpc) is 3.10. The Bertz CT molecular complexity index is 1410. The van der Waals surface area contributed by atoms with Crippen molar-refractivity contribution in [3.8, 4) is 0 Å². The van der Waals surface area contributed by atoms with Crippen molar-refractivity contribution in [2.45, 2.75) is 32.1 Å².